The van der Waals surface area contributed by atoms with Gasteiger partial charge in [-0.15, -0.1) is 11.3 Å². The summed E-state index contributed by atoms with van der Waals surface area (Å²) in [4.78, 5) is 32.8. The summed E-state index contributed by atoms with van der Waals surface area (Å²) in [5.41, 5.74) is 1.51. The molecule has 0 amide bonds. The van der Waals surface area contributed by atoms with Gasteiger partial charge in [0.2, 0.25) is 0 Å². The lowest BCUT2D eigenvalue weighted by Crippen LogP contribution is -2.40. The van der Waals surface area contributed by atoms with Crippen LogP contribution in [0.4, 0.5) is 0 Å². The average molecular weight is 547 g/mol. The number of thiazole rings is 1. The molecule has 3 aromatic rings. The number of halogens is 1. The van der Waals surface area contributed by atoms with Crippen molar-refractivity contribution in [2.45, 2.75) is 39.8 Å². The van der Waals surface area contributed by atoms with E-state index in [1.54, 1.807) is 36.7 Å². The topological polar surface area (TPSA) is 69.9 Å². The van der Waals surface area contributed by atoms with Gasteiger partial charge in [-0.1, -0.05) is 23.5 Å². The molecule has 9 heteroatoms. The fourth-order valence-corrected chi connectivity index (χ4v) is 6.10. The van der Waals surface area contributed by atoms with Gasteiger partial charge >= 0.3 is 5.97 Å². The maximum atomic E-state index is 13.6. The van der Waals surface area contributed by atoms with Gasteiger partial charge in [-0.3, -0.25) is 9.36 Å². The fraction of sp³-hybridized carbons (Fsp3) is 0.292. The third-order valence-corrected chi connectivity index (χ3v) is 7.51. The number of nitrogens with zero attached hydrogens (tertiary/aromatic N) is 2. The standard InChI is InChI=1S/C24H23BrN2O4S2/c1-5-30-16-8-6-15(7-9-16)21-20(23(29)31-13(2)3)14(4)26-24-27(21)22(28)18(33-24)12-17-10-11-19(25)32-17/h6-13,21H,5H2,1-4H3/b18-12+/t21-/m0/s1. The Morgan fingerprint density at radius 2 is 1.94 bits per heavy atom. The monoisotopic (exact) mass is 546 g/mol. The third kappa shape index (κ3) is 4.90. The summed E-state index contributed by atoms with van der Waals surface area (Å²) in [5.74, 6) is 0.255. The molecule has 0 fully saturated rings. The lowest BCUT2D eigenvalue weighted by molar-refractivity contribution is -0.143. The average Bonchev–Trinajstić information content (AvgIpc) is 3.30. The zero-order chi connectivity index (χ0) is 23.7. The number of benzene rings is 1. The summed E-state index contributed by atoms with van der Waals surface area (Å²) in [6, 6.07) is 10.7. The van der Waals surface area contributed by atoms with E-state index in [-0.39, 0.29) is 11.7 Å². The van der Waals surface area contributed by atoms with Crippen LogP contribution in [-0.2, 0) is 9.53 Å². The van der Waals surface area contributed by atoms with E-state index in [1.807, 2.05) is 49.4 Å². The van der Waals surface area contributed by atoms with Crippen molar-refractivity contribution in [3.63, 3.8) is 0 Å². The van der Waals surface area contributed by atoms with Crippen molar-refractivity contribution in [3.8, 4) is 5.75 Å². The van der Waals surface area contributed by atoms with Crippen LogP contribution in [-0.4, -0.2) is 23.2 Å². The highest BCUT2D eigenvalue weighted by molar-refractivity contribution is 9.11. The zero-order valence-corrected chi connectivity index (χ0v) is 21.8. The summed E-state index contributed by atoms with van der Waals surface area (Å²) >= 11 is 6.32. The molecule has 1 aromatic carbocycles. The van der Waals surface area contributed by atoms with Crippen LogP contribution < -0.4 is 19.6 Å². The van der Waals surface area contributed by atoms with Gasteiger partial charge in [0.1, 0.15) is 5.75 Å². The summed E-state index contributed by atoms with van der Waals surface area (Å²) in [5, 5.41) is 0. The van der Waals surface area contributed by atoms with Gasteiger partial charge < -0.3 is 9.47 Å². The van der Waals surface area contributed by atoms with E-state index in [2.05, 4.69) is 20.9 Å². The van der Waals surface area contributed by atoms with Gasteiger partial charge in [0.15, 0.2) is 4.80 Å². The Morgan fingerprint density at radius 3 is 2.55 bits per heavy atom. The highest BCUT2D eigenvalue weighted by Crippen LogP contribution is 2.32. The third-order valence-electron chi connectivity index (χ3n) is 4.96. The van der Waals surface area contributed by atoms with E-state index in [4.69, 9.17) is 9.47 Å². The molecule has 0 N–H and O–H groups in total. The normalized spacial score (nSPS) is 16.1. The Labute approximate surface area is 207 Å². The minimum absolute atomic E-state index is 0.190. The van der Waals surface area contributed by atoms with E-state index >= 15 is 0 Å². The summed E-state index contributed by atoms with van der Waals surface area (Å²) in [6.07, 6.45) is 1.57. The Balaban J connectivity index is 1.91. The fourth-order valence-electron chi connectivity index (χ4n) is 3.62. The van der Waals surface area contributed by atoms with Crippen LogP contribution in [0, 0.1) is 0 Å². The SMILES string of the molecule is CCOc1ccc([C@H]2C(C(=O)OC(C)C)=C(C)N=c3s/c(=C/c4ccc(Br)s4)c(=O)n32)cc1. The maximum Gasteiger partial charge on any atom is 0.338 e. The van der Waals surface area contributed by atoms with Gasteiger partial charge in [-0.05, 0) is 79.5 Å². The molecule has 0 saturated heterocycles. The molecular weight excluding hydrogens is 524 g/mol. The van der Waals surface area contributed by atoms with Crippen molar-refractivity contribution in [1.82, 2.24) is 4.57 Å². The number of rotatable bonds is 6. The molecule has 2 aromatic heterocycles. The number of esters is 1. The number of hydrogen-bond acceptors (Lipinski definition) is 7. The first-order chi connectivity index (χ1) is 15.8. The lowest BCUT2D eigenvalue weighted by atomic mass is 9.96. The molecule has 4 rings (SSSR count). The molecule has 1 aliphatic heterocycles. The number of thiophene rings is 1. The van der Waals surface area contributed by atoms with Crippen molar-refractivity contribution in [2.75, 3.05) is 6.61 Å². The number of carbonyl (C=O) groups is 1. The van der Waals surface area contributed by atoms with Crippen LogP contribution in [0.15, 0.2) is 61.2 Å². The molecule has 1 aliphatic rings. The smallest absolute Gasteiger partial charge is 0.338 e. The van der Waals surface area contributed by atoms with Crippen molar-refractivity contribution >= 4 is 50.6 Å². The minimum Gasteiger partial charge on any atom is -0.494 e. The van der Waals surface area contributed by atoms with Crippen molar-refractivity contribution in [2.24, 2.45) is 4.99 Å². The van der Waals surface area contributed by atoms with Crippen molar-refractivity contribution in [1.29, 1.82) is 0 Å². The van der Waals surface area contributed by atoms with Crippen molar-refractivity contribution in [3.05, 3.63) is 81.6 Å². The second-order valence-corrected chi connectivity index (χ2v) is 11.2. The predicted octanol–water partition coefficient (Wildman–Crippen LogP) is 4.41. The highest BCUT2D eigenvalue weighted by Gasteiger charge is 2.33. The van der Waals surface area contributed by atoms with E-state index in [9.17, 15) is 9.59 Å². The second kappa shape index (κ2) is 9.79. The molecule has 0 radical (unpaired) electrons. The summed E-state index contributed by atoms with van der Waals surface area (Å²) in [6.45, 7) is 7.86. The molecule has 0 bridgehead atoms. The minimum atomic E-state index is -0.639. The van der Waals surface area contributed by atoms with Gasteiger partial charge in [-0.2, -0.15) is 0 Å². The van der Waals surface area contributed by atoms with Crippen LogP contribution in [0.2, 0.25) is 0 Å². The van der Waals surface area contributed by atoms with Crippen LogP contribution in [0.1, 0.15) is 44.2 Å². The Hall–Kier alpha value is -2.49. The predicted molar refractivity (Wildman–Crippen MR) is 135 cm³/mol. The first-order valence-electron chi connectivity index (χ1n) is 10.5. The Bertz CT molecular complexity index is 1400. The maximum absolute atomic E-state index is 13.6. The number of aromatic nitrogens is 1. The number of carbonyl (C=O) groups excluding carboxylic acids is 1. The molecule has 172 valence electrons. The van der Waals surface area contributed by atoms with Crippen LogP contribution >= 0.6 is 38.6 Å². The molecule has 0 saturated carbocycles. The number of hydrogen-bond donors (Lipinski definition) is 0. The summed E-state index contributed by atoms with van der Waals surface area (Å²) in [7, 11) is 0. The van der Waals surface area contributed by atoms with Crippen LogP contribution in [0.25, 0.3) is 6.08 Å². The molecule has 6 nitrogen and oxygen atoms in total. The molecular formula is C24H23BrN2O4S2. The van der Waals surface area contributed by atoms with Crippen LogP contribution in [0.5, 0.6) is 5.75 Å². The second-order valence-electron chi connectivity index (χ2n) is 7.68. The van der Waals surface area contributed by atoms with Gasteiger partial charge in [-0.25, -0.2) is 9.79 Å². The Morgan fingerprint density at radius 1 is 1.21 bits per heavy atom. The Kier molecular flexibility index (Phi) is 7.02. The quantitative estimate of drug-likeness (QED) is 0.429. The molecule has 1 atom stereocenters. The lowest BCUT2D eigenvalue weighted by Gasteiger charge is -2.25. The largest absolute Gasteiger partial charge is 0.494 e. The highest BCUT2D eigenvalue weighted by atomic mass is 79.9. The molecule has 0 aliphatic carbocycles. The zero-order valence-electron chi connectivity index (χ0n) is 18.6. The van der Waals surface area contributed by atoms with E-state index in [1.165, 1.54) is 11.3 Å². The number of fused-ring (bicyclic) bond motifs is 1. The van der Waals surface area contributed by atoms with Gasteiger partial charge in [0.25, 0.3) is 5.56 Å². The molecule has 33 heavy (non-hydrogen) atoms. The molecule has 3 heterocycles. The molecule has 0 unspecified atom stereocenters. The van der Waals surface area contributed by atoms with E-state index < -0.39 is 12.0 Å². The van der Waals surface area contributed by atoms with E-state index in [0.29, 0.717) is 27.2 Å². The van der Waals surface area contributed by atoms with Gasteiger partial charge in [0, 0.05) is 4.88 Å². The van der Waals surface area contributed by atoms with Crippen molar-refractivity contribution < 1.29 is 14.3 Å². The van der Waals surface area contributed by atoms with Gasteiger partial charge in [0.05, 0.1) is 38.3 Å². The molecule has 0 spiro atoms. The summed E-state index contributed by atoms with van der Waals surface area (Å²) < 4.78 is 14.2. The van der Waals surface area contributed by atoms with E-state index in [0.717, 1.165) is 20.0 Å². The number of allylic oxidation sites excluding steroid dienone is 1. The first-order valence-corrected chi connectivity index (χ1v) is 12.9. The first kappa shape index (κ1) is 23.7. The van der Waals surface area contributed by atoms with Crippen LogP contribution in [0.3, 0.4) is 0 Å². The number of ether oxygens (including phenoxy) is 2.